The lowest BCUT2D eigenvalue weighted by Gasteiger charge is -2.11. The van der Waals surface area contributed by atoms with E-state index >= 15 is 0 Å². The van der Waals surface area contributed by atoms with E-state index in [0.29, 0.717) is 19.0 Å². The van der Waals surface area contributed by atoms with Crippen molar-refractivity contribution >= 4 is 10.0 Å². The molecule has 6 heteroatoms. The van der Waals surface area contributed by atoms with Gasteiger partial charge in [-0.25, -0.2) is 13.1 Å². The second kappa shape index (κ2) is 8.09. The molecule has 1 aliphatic heterocycles. The van der Waals surface area contributed by atoms with E-state index in [4.69, 9.17) is 4.74 Å². The summed E-state index contributed by atoms with van der Waals surface area (Å²) in [6, 6.07) is 0.458. The minimum absolute atomic E-state index is 0.0717. The number of ether oxygens (including phenoxy) is 1. The Balaban J connectivity index is 2.07. The van der Waals surface area contributed by atoms with E-state index in [0.717, 1.165) is 32.4 Å². The molecule has 0 aromatic rings. The summed E-state index contributed by atoms with van der Waals surface area (Å²) >= 11 is 0. The van der Waals surface area contributed by atoms with Crippen molar-refractivity contribution in [3.05, 3.63) is 0 Å². The highest BCUT2D eigenvalue weighted by molar-refractivity contribution is 7.89. The van der Waals surface area contributed by atoms with Gasteiger partial charge in [0.15, 0.2) is 0 Å². The molecule has 1 fully saturated rings. The van der Waals surface area contributed by atoms with E-state index in [1.165, 1.54) is 0 Å². The molecule has 0 aliphatic carbocycles. The fourth-order valence-electron chi connectivity index (χ4n) is 1.91. The van der Waals surface area contributed by atoms with E-state index < -0.39 is 10.0 Å². The van der Waals surface area contributed by atoms with Crippen LogP contribution in [0.15, 0.2) is 0 Å². The molecule has 0 saturated carbocycles. The highest BCUT2D eigenvalue weighted by Gasteiger charge is 2.18. The van der Waals surface area contributed by atoms with Crippen molar-refractivity contribution in [2.45, 2.75) is 51.7 Å². The van der Waals surface area contributed by atoms with Gasteiger partial charge in [-0.1, -0.05) is 13.8 Å². The number of hydrogen-bond acceptors (Lipinski definition) is 4. The van der Waals surface area contributed by atoms with Crippen LogP contribution in [-0.4, -0.2) is 46.0 Å². The predicted molar refractivity (Wildman–Crippen MR) is 73.1 cm³/mol. The molecule has 1 unspecified atom stereocenters. The number of hydrogen-bond donors (Lipinski definition) is 2. The number of rotatable bonds is 9. The summed E-state index contributed by atoms with van der Waals surface area (Å²) in [6.45, 7) is 6.22. The van der Waals surface area contributed by atoms with E-state index in [2.05, 4.69) is 23.9 Å². The lowest BCUT2D eigenvalue weighted by molar-refractivity contribution is 0.114. The first kappa shape index (κ1) is 15.9. The van der Waals surface area contributed by atoms with Gasteiger partial charge in [0.05, 0.1) is 11.9 Å². The van der Waals surface area contributed by atoms with Crippen molar-refractivity contribution in [3.8, 4) is 0 Å². The zero-order valence-electron chi connectivity index (χ0n) is 11.4. The van der Waals surface area contributed by atoms with Gasteiger partial charge in [0.2, 0.25) is 10.0 Å². The third kappa shape index (κ3) is 7.31. The Morgan fingerprint density at radius 3 is 2.72 bits per heavy atom. The zero-order valence-corrected chi connectivity index (χ0v) is 12.3. The smallest absolute Gasteiger partial charge is 0.211 e. The van der Waals surface area contributed by atoms with E-state index in [9.17, 15) is 8.42 Å². The van der Waals surface area contributed by atoms with Gasteiger partial charge in [0.25, 0.3) is 0 Å². The predicted octanol–water partition coefficient (Wildman–Crippen LogP) is 0.863. The first-order valence-corrected chi connectivity index (χ1v) is 8.47. The largest absolute Gasteiger partial charge is 0.377 e. The Morgan fingerprint density at radius 1 is 1.33 bits per heavy atom. The molecule has 2 N–H and O–H groups in total. The summed E-state index contributed by atoms with van der Waals surface area (Å²) in [5, 5.41) is 3.27. The molecule has 5 nitrogen and oxygen atoms in total. The van der Waals surface area contributed by atoms with Crippen LogP contribution in [0.2, 0.25) is 0 Å². The number of nitrogens with one attached hydrogen (secondary N) is 2. The fourth-order valence-corrected chi connectivity index (χ4v) is 3.07. The molecule has 0 spiro atoms. The van der Waals surface area contributed by atoms with Crippen molar-refractivity contribution in [2.75, 3.05) is 25.4 Å². The topological polar surface area (TPSA) is 67.4 Å². The minimum Gasteiger partial charge on any atom is -0.377 e. The van der Waals surface area contributed by atoms with Crippen LogP contribution in [0.25, 0.3) is 0 Å². The Labute approximate surface area is 111 Å². The van der Waals surface area contributed by atoms with Crippen molar-refractivity contribution in [1.82, 2.24) is 10.0 Å². The van der Waals surface area contributed by atoms with Crippen LogP contribution in [-0.2, 0) is 14.8 Å². The van der Waals surface area contributed by atoms with Crippen LogP contribution in [0.1, 0.15) is 39.5 Å². The molecule has 1 heterocycles. The van der Waals surface area contributed by atoms with Crippen molar-refractivity contribution in [2.24, 2.45) is 0 Å². The molecule has 108 valence electrons. The molecular weight excluding hydrogens is 252 g/mol. The maximum absolute atomic E-state index is 11.7. The van der Waals surface area contributed by atoms with Gasteiger partial charge in [0.1, 0.15) is 0 Å². The first-order chi connectivity index (χ1) is 8.49. The second-order valence-electron chi connectivity index (χ2n) is 5.12. The Kier molecular flexibility index (Phi) is 7.14. The summed E-state index contributed by atoms with van der Waals surface area (Å²) in [7, 11) is -3.13. The molecule has 0 bridgehead atoms. The molecule has 1 aliphatic rings. The summed E-state index contributed by atoms with van der Waals surface area (Å²) < 4.78 is 31.4. The van der Waals surface area contributed by atoms with Crippen LogP contribution in [0.5, 0.6) is 0 Å². The van der Waals surface area contributed by atoms with Crippen molar-refractivity contribution in [1.29, 1.82) is 0 Å². The molecule has 1 rings (SSSR count). The van der Waals surface area contributed by atoms with Crippen LogP contribution >= 0.6 is 0 Å². The maximum Gasteiger partial charge on any atom is 0.211 e. The average Bonchev–Trinajstić information content (AvgIpc) is 2.78. The van der Waals surface area contributed by atoms with E-state index in [-0.39, 0.29) is 11.9 Å². The van der Waals surface area contributed by atoms with Gasteiger partial charge in [-0.2, -0.15) is 0 Å². The van der Waals surface area contributed by atoms with Gasteiger partial charge >= 0.3 is 0 Å². The summed E-state index contributed by atoms with van der Waals surface area (Å²) in [5.41, 5.74) is 0. The van der Waals surface area contributed by atoms with Crippen LogP contribution in [0.3, 0.4) is 0 Å². The zero-order chi connectivity index (χ0) is 13.4. The van der Waals surface area contributed by atoms with E-state index in [1.54, 1.807) is 0 Å². The molecule has 0 aromatic carbocycles. The number of unbranched alkanes of at least 4 members (excludes halogenated alkanes) is 1. The third-order valence-corrected chi connectivity index (χ3v) is 4.38. The first-order valence-electron chi connectivity index (χ1n) is 6.82. The quantitative estimate of drug-likeness (QED) is 0.614. The second-order valence-corrected chi connectivity index (χ2v) is 7.04. The van der Waals surface area contributed by atoms with Gasteiger partial charge in [0, 0.05) is 19.2 Å². The SMILES string of the molecule is CC(C)NCCCCS(=O)(=O)NCC1CCCO1. The summed E-state index contributed by atoms with van der Waals surface area (Å²) in [5.74, 6) is 0.208. The van der Waals surface area contributed by atoms with Crippen LogP contribution in [0.4, 0.5) is 0 Å². The van der Waals surface area contributed by atoms with Gasteiger partial charge in [-0.05, 0) is 32.2 Å². The standard InChI is InChI=1S/C12H26N2O3S/c1-11(2)13-7-3-4-9-18(15,16)14-10-12-6-5-8-17-12/h11-14H,3-10H2,1-2H3. The lowest BCUT2D eigenvalue weighted by Crippen LogP contribution is -2.33. The minimum atomic E-state index is -3.13. The van der Waals surface area contributed by atoms with E-state index in [1.807, 2.05) is 0 Å². The summed E-state index contributed by atoms with van der Waals surface area (Å²) in [6.07, 6.45) is 3.65. The van der Waals surface area contributed by atoms with Crippen LogP contribution in [0, 0.1) is 0 Å². The monoisotopic (exact) mass is 278 g/mol. The Morgan fingerprint density at radius 2 is 2.11 bits per heavy atom. The molecule has 1 atom stereocenters. The number of sulfonamides is 1. The van der Waals surface area contributed by atoms with Gasteiger partial charge < -0.3 is 10.1 Å². The normalized spacial score (nSPS) is 20.7. The maximum atomic E-state index is 11.7. The molecule has 1 saturated heterocycles. The van der Waals surface area contributed by atoms with Crippen molar-refractivity contribution in [3.63, 3.8) is 0 Å². The Hall–Kier alpha value is -0.170. The van der Waals surface area contributed by atoms with Gasteiger partial charge in [-0.15, -0.1) is 0 Å². The summed E-state index contributed by atoms with van der Waals surface area (Å²) in [4.78, 5) is 0. The molecule has 0 amide bonds. The molecule has 0 radical (unpaired) electrons. The highest BCUT2D eigenvalue weighted by Crippen LogP contribution is 2.11. The van der Waals surface area contributed by atoms with Crippen molar-refractivity contribution < 1.29 is 13.2 Å². The molecule has 18 heavy (non-hydrogen) atoms. The Bertz CT molecular complexity index is 311. The van der Waals surface area contributed by atoms with Crippen LogP contribution < -0.4 is 10.0 Å². The lowest BCUT2D eigenvalue weighted by atomic mass is 10.2. The third-order valence-electron chi connectivity index (χ3n) is 2.95. The fraction of sp³-hybridized carbons (Fsp3) is 1.00. The van der Waals surface area contributed by atoms with Gasteiger partial charge in [-0.3, -0.25) is 0 Å². The highest BCUT2D eigenvalue weighted by atomic mass is 32.2. The average molecular weight is 278 g/mol. The molecule has 0 aromatic heterocycles. The molecular formula is C12H26N2O3S.